The first kappa shape index (κ1) is 57.7. The van der Waals surface area contributed by atoms with E-state index in [0.29, 0.717) is 45.4 Å². The van der Waals surface area contributed by atoms with Crippen molar-refractivity contribution in [2.24, 2.45) is 0 Å². The van der Waals surface area contributed by atoms with Crippen molar-refractivity contribution >= 4 is 169 Å². The Balaban J connectivity index is 0.000000143. The molecule has 0 saturated carbocycles. The predicted molar refractivity (Wildman–Crippen MR) is 345 cm³/mol. The maximum absolute atomic E-state index is 13.2. The number of nitrogens with two attached hydrogens (primary N) is 1. The summed E-state index contributed by atoms with van der Waals surface area (Å²) in [5, 5.41) is 11.4. The summed E-state index contributed by atoms with van der Waals surface area (Å²) >= 11 is 28.3. The van der Waals surface area contributed by atoms with Crippen LogP contribution >= 0.6 is 91.6 Å². The van der Waals surface area contributed by atoms with Gasteiger partial charge in [0.1, 0.15) is 5.82 Å². The van der Waals surface area contributed by atoms with Crippen molar-refractivity contribution in [3.63, 3.8) is 0 Å². The molecule has 10 heterocycles. The second-order valence-electron chi connectivity index (χ2n) is 18.4. The SMILES string of the molecule is C.Cc1cc(N)nc(C)c1CNC(=O)c1cn(Cc2ccc3ncc(Cl)cc3c2)c2cnccc12.ClCc1ccc2ncc(Cl)cc2c1.Clc1cnc2ccc(Cn3cc(I)c4ccncc43)cc2c1.Ic1c[nH]c2cnccc12. The molecular formula is C61H50Cl4I2N12O. The highest BCUT2D eigenvalue weighted by molar-refractivity contribution is 14.1. The van der Waals surface area contributed by atoms with Gasteiger partial charge in [0.05, 0.1) is 72.3 Å². The molecule has 13 aromatic rings. The van der Waals surface area contributed by atoms with Crippen LogP contribution in [0.15, 0.2) is 171 Å². The van der Waals surface area contributed by atoms with E-state index in [2.05, 4.69) is 125 Å². The number of H-pyrrole nitrogens is 1. The minimum absolute atomic E-state index is 0. The molecule has 0 aliphatic heterocycles. The Morgan fingerprint density at radius 1 is 0.613 bits per heavy atom. The van der Waals surface area contributed by atoms with Crippen LogP contribution in [-0.4, -0.2) is 54.9 Å². The molecule has 0 bridgehead atoms. The summed E-state index contributed by atoms with van der Waals surface area (Å²) in [6.45, 7) is 5.62. The van der Waals surface area contributed by atoms with Crippen LogP contribution in [0.2, 0.25) is 15.1 Å². The molecule has 0 aliphatic carbocycles. The summed E-state index contributed by atoms with van der Waals surface area (Å²) in [5.41, 5.74) is 18.5. The quantitative estimate of drug-likeness (QED) is 0.0989. The number of nitrogens with zero attached hydrogens (tertiary/aromatic N) is 9. The summed E-state index contributed by atoms with van der Waals surface area (Å²) in [4.78, 5) is 46.0. The highest BCUT2D eigenvalue weighted by Crippen LogP contribution is 2.27. The Hall–Kier alpha value is -7.00. The molecule has 0 aliphatic rings. The number of alkyl halides is 1. The summed E-state index contributed by atoms with van der Waals surface area (Å²) in [7, 11) is 0. The normalized spacial score (nSPS) is 10.9. The lowest BCUT2D eigenvalue weighted by Crippen LogP contribution is -2.24. The summed E-state index contributed by atoms with van der Waals surface area (Å²) < 4.78 is 6.75. The van der Waals surface area contributed by atoms with E-state index in [1.165, 1.54) is 23.5 Å². The van der Waals surface area contributed by atoms with Crippen LogP contribution in [0.4, 0.5) is 5.82 Å². The van der Waals surface area contributed by atoms with Gasteiger partial charge in [-0.05, 0) is 166 Å². The first-order valence-electron chi connectivity index (χ1n) is 24.5. The average molecular weight is 1360 g/mol. The van der Waals surface area contributed by atoms with Gasteiger partial charge in [0, 0.05) is 126 Å². The van der Waals surface area contributed by atoms with E-state index in [1.54, 1.807) is 37.2 Å². The average Bonchev–Trinajstić information content (AvgIpc) is 4.15. The Bertz CT molecular complexity index is 4350. The number of amides is 1. The molecule has 0 unspecified atom stereocenters. The fourth-order valence-corrected chi connectivity index (χ4v) is 11.2. The molecule has 13 nitrogen and oxygen atoms in total. The second-order valence-corrected chi connectivity index (χ2v) is 22.3. The number of carbonyl (C=O) groups excluding carboxylic acids is 1. The lowest BCUT2D eigenvalue weighted by molar-refractivity contribution is 0.0952. The lowest BCUT2D eigenvalue weighted by Gasteiger charge is -2.11. The van der Waals surface area contributed by atoms with E-state index in [-0.39, 0.29) is 13.3 Å². The number of aromatic amines is 1. The summed E-state index contributed by atoms with van der Waals surface area (Å²) in [6, 6.07) is 31.8. The predicted octanol–water partition coefficient (Wildman–Crippen LogP) is 16.1. The van der Waals surface area contributed by atoms with Gasteiger partial charge >= 0.3 is 0 Å². The number of halogens is 6. The smallest absolute Gasteiger partial charge is 0.253 e. The zero-order chi connectivity index (χ0) is 55.2. The highest BCUT2D eigenvalue weighted by atomic mass is 127. The molecule has 0 radical (unpaired) electrons. The number of aryl methyl sites for hydroxylation is 2. The molecule has 0 fully saturated rings. The van der Waals surface area contributed by atoms with Crippen LogP contribution in [0.1, 0.15) is 51.3 Å². The number of carbonyl (C=O) groups is 1. The first-order chi connectivity index (χ1) is 38.3. The number of nitrogens with one attached hydrogen (secondary N) is 2. The van der Waals surface area contributed by atoms with E-state index in [4.69, 9.17) is 52.1 Å². The Labute approximate surface area is 508 Å². The summed E-state index contributed by atoms with van der Waals surface area (Å²) in [5.74, 6) is 0.843. The molecule has 1 amide bonds. The van der Waals surface area contributed by atoms with E-state index in [1.807, 2.05) is 122 Å². The standard InChI is InChI=1S/C26H23ClN6O.C17H11ClIN3.C10H7Cl2N.C7H5IN2.CH4/c1-15-7-25(28)32-16(2)21(15)11-31-26(34)22-14-33(24-12-29-6-5-20(22)24)13-17-3-4-23-18(8-17)9-19(27)10-30-23;18-13-6-12-5-11(1-2-16(12)21-7-13)9-22-10-15(19)14-3-4-20-8-17(14)22;11-5-7-1-2-10-8(3-7)4-9(12)6-13-10;8-6-3-10-7-4-9-2-1-5(6)7;/h3-10,12,14H,11,13H2,1-2H3,(H2,28,32)(H,31,34);1-8,10H,9H2;1-4,6H,5H2;1-4,10H;1H4. The Morgan fingerprint density at radius 3 is 1.66 bits per heavy atom. The number of hydrogen-bond acceptors (Lipinski definition) is 9. The van der Waals surface area contributed by atoms with Gasteiger partial charge in [-0.1, -0.05) is 60.4 Å². The van der Waals surface area contributed by atoms with Crippen molar-refractivity contribution in [2.45, 2.75) is 46.8 Å². The fourth-order valence-electron chi connectivity index (χ4n) is 9.16. The lowest BCUT2D eigenvalue weighted by atomic mass is 10.1. The van der Waals surface area contributed by atoms with Crippen LogP contribution in [-0.2, 0) is 25.5 Å². The third-order valence-corrected chi connectivity index (χ3v) is 15.7. The zero-order valence-corrected chi connectivity index (χ0v) is 49.6. The first-order valence-corrected chi connectivity index (χ1v) is 28.4. The van der Waals surface area contributed by atoms with Crippen molar-refractivity contribution < 1.29 is 4.79 Å². The van der Waals surface area contributed by atoms with Gasteiger partial charge in [0.2, 0.25) is 0 Å². The van der Waals surface area contributed by atoms with Crippen molar-refractivity contribution in [1.82, 2.24) is 54.3 Å². The van der Waals surface area contributed by atoms with Crippen molar-refractivity contribution in [1.29, 1.82) is 0 Å². The third kappa shape index (κ3) is 13.6. The molecule has 4 N–H and O–H groups in total. The Morgan fingerprint density at radius 2 is 1.11 bits per heavy atom. The van der Waals surface area contributed by atoms with Gasteiger partial charge < -0.3 is 25.2 Å². The van der Waals surface area contributed by atoms with Crippen molar-refractivity contribution in [2.75, 3.05) is 5.73 Å². The minimum Gasteiger partial charge on any atom is -0.384 e. The minimum atomic E-state index is -0.153. The van der Waals surface area contributed by atoms with Gasteiger partial charge in [-0.25, -0.2) is 4.98 Å². The largest absolute Gasteiger partial charge is 0.384 e. The number of aromatic nitrogens is 10. The number of nitrogen functional groups attached to an aromatic ring is 1. The van der Waals surface area contributed by atoms with Crippen LogP contribution < -0.4 is 11.1 Å². The van der Waals surface area contributed by atoms with E-state index in [9.17, 15) is 4.79 Å². The molecular weight excluding hydrogens is 1310 g/mol. The van der Waals surface area contributed by atoms with Gasteiger partial charge in [-0.15, -0.1) is 11.6 Å². The number of anilines is 1. The van der Waals surface area contributed by atoms with Gasteiger partial charge in [0.25, 0.3) is 5.91 Å². The maximum atomic E-state index is 13.2. The van der Waals surface area contributed by atoms with Crippen LogP contribution in [0.25, 0.3) is 65.4 Å². The molecule has 13 rings (SSSR count). The molecule has 0 spiro atoms. The molecule has 0 atom stereocenters. The zero-order valence-electron chi connectivity index (χ0n) is 42.3. The van der Waals surface area contributed by atoms with E-state index in [0.717, 1.165) is 89.1 Å². The number of benzene rings is 3. The molecule has 3 aromatic carbocycles. The van der Waals surface area contributed by atoms with Gasteiger partial charge in [-0.2, -0.15) is 0 Å². The van der Waals surface area contributed by atoms with Crippen molar-refractivity contribution in [3.05, 3.63) is 233 Å². The number of pyridine rings is 7. The topological polar surface area (TPSA) is 171 Å². The van der Waals surface area contributed by atoms with Crippen LogP contribution in [0, 0.1) is 21.0 Å². The van der Waals surface area contributed by atoms with Crippen LogP contribution in [0.5, 0.6) is 0 Å². The maximum Gasteiger partial charge on any atom is 0.253 e. The summed E-state index contributed by atoms with van der Waals surface area (Å²) in [6.07, 6.45) is 21.8. The third-order valence-electron chi connectivity index (χ3n) is 13.0. The number of rotatable bonds is 8. The second kappa shape index (κ2) is 26.1. The van der Waals surface area contributed by atoms with E-state index < -0.39 is 0 Å². The van der Waals surface area contributed by atoms with Crippen molar-refractivity contribution in [3.8, 4) is 0 Å². The van der Waals surface area contributed by atoms with E-state index >= 15 is 0 Å². The number of hydrogen-bond donors (Lipinski definition) is 3. The Kier molecular flexibility index (Phi) is 18.8. The molecule has 80 heavy (non-hydrogen) atoms. The van der Waals surface area contributed by atoms with Gasteiger partial charge in [-0.3, -0.25) is 34.7 Å². The molecule has 0 saturated heterocycles. The molecule has 10 aromatic heterocycles. The monoisotopic (exact) mass is 1360 g/mol. The fraction of sp³-hybridized carbons (Fsp3) is 0.115. The van der Waals surface area contributed by atoms with Gasteiger partial charge in [0.15, 0.2) is 0 Å². The number of fused-ring (bicyclic) bond motifs is 6. The highest BCUT2D eigenvalue weighted by Gasteiger charge is 2.17. The molecule has 19 heteroatoms. The molecule has 402 valence electrons. The van der Waals surface area contributed by atoms with Crippen LogP contribution in [0.3, 0.4) is 0 Å².